The fourth-order valence-electron chi connectivity index (χ4n) is 1.52. The van der Waals surface area contributed by atoms with Crippen LogP contribution in [0.1, 0.15) is 5.56 Å². The maximum atomic E-state index is 12.8. The minimum atomic E-state index is -4.83. The van der Waals surface area contributed by atoms with Gasteiger partial charge in [-0.05, 0) is 24.3 Å². The van der Waals surface area contributed by atoms with Crippen LogP contribution in [0.3, 0.4) is 0 Å². The monoisotopic (exact) mass is 310 g/mol. The van der Waals surface area contributed by atoms with Crippen molar-refractivity contribution >= 4 is 19.7 Å². The molecule has 0 fully saturated rings. The van der Waals surface area contributed by atoms with Gasteiger partial charge in [0.15, 0.2) is 0 Å². The third-order valence-corrected chi connectivity index (χ3v) is 3.68. The molecule has 1 aromatic carbocycles. The fraction of sp³-hybridized carbons (Fsp3) is 0.100. The molecule has 0 spiro atoms. The van der Waals surface area contributed by atoms with E-state index in [1.165, 1.54) is 29.2 Å². The molecular weight excluding hydrogens is 305 g/mol. The van der Waals surface area contributed by atoms with Crippen molar-refractivity contribution in [2.45, 2.75) is 11.1 Å². The van der Waals surface area contributed by atoms with E-state index in [0.717, 1.165) is 6.07 Å². The van der Waals surface area contributed by atoms with Gasteiger partial charge in [0.2, 0.25) is 0 Å². The maximum Gasteiger partial charge on any atom is 0.417 e. The summed E-state index contributed by atoms with van der Waals surface area (Å²) in [4.78, 5) is -0.974. The molecule has 0 saturated heterocycles. The lowest BCUT2D eigenvalue weighted by molar-refractivity contribution is -0.139. The van der Waals surface area contributed by atoms with Crippen LogP contribution in [0.5, 0.6) is 0 Å². The van der Waals surface area contributed by atoms with Crippen LogP contribution in [0.2, 0.25) is 0 Å². The fourth-order valence-corrected chi connectivity index (χ4v) is 2.59. The predicted molar refractivity (Wildman–Crippen MR) is 61.6 cm³/mol. The quantitative estimate of drug-likeness (QED) is 0.802. The van der Waals surface area contributed by atoms with Gasteiger partial charge in [0.1, 0.15) is 0 Å². The molecule has 1 aromatic heterocycles. The van der Waals surface area contributed by atoms with Gasteiger partial charge in [-0.3, -0.25) is 0 Å². The highest BCUT2D eigenvalue weighted by Gasteiger charge is 2.37. The normalized spacial score (nSPS) is 12.6. The first-order chi connectivity index (χ1) is 8.69. The van der Waals surface area contributed by atoms with Crippen molar-refractivity contribution in [1.29, 1.82) is 0 Å². The number of hydrogen-bond acceptors (Lipinski definition) is 3. The summed E-state index contributed by atoms with van der Waals surface area (Å²) in [7, 11) is 0.517. The molecule has 0 aliphatic heterocycles. The minimum Gasteiger partial charge on any atom is -0.241 e. The molecule has 4 nitrogen and oxygen atoms in total. The van der Waals surface area contributed by atoms with Crippen LogP contribution in [-0.4, -0.2) is 18.2 Å². The predicted octanol–water partition coefficient (Wildman–Crippen LogP) is 2.82. The summed E-state index contributed by atoms with van der Waals surface area (Å²) in [5.74, 6) is 0. The number of rotatable bonds is 2. The first-order valence-corrected chi connectivity index (χ1v) is 7.16. The van der Waals surface area contributed by atoms with Crippen molar-refractivity contribution in [3.05, 3.63) is 42.2 Å². The highest BCUT2D eigenvalue weighted by molar-refractivity contribution is 8.13. The Labute approximate surface area is 110 Å². The SMILES string of the molecule is O=S(=O)(Cl)c1ccc(-n2cccn2)cc1C(F)(F)F. The largest absolute Gasteiger partial charge is 0.417 e. The zero-order chi connectivity index (χ0) is 14.3. The lowest BCUT2D eigenvalue weighted by Crippen LogP contribution is -2.12. The number of nitrogens with zero attached hydrogens (tertiary/aromatic N) is 2. The van der Waals surface area contributed by atoms with E-state index < -0.39 is 25.7 Å². The van der Waals surface area contributed by atoms with Gasteiger partial charge in [-0.1, -0.05) is 0 Å². The summed E-state index contributed by atoms with van der Waals surface area (Å²) in [5.41, 5.74) is -1.24. The maximum absolute atomic E-state index is 12.8. The topological polar surface area (TPSA) is 52.0 Å². The average Bonchev–Trinajstić information content (AvgIpc) is 2.79. The number of alkyl halides is 3. The Bertz CT molecular complexity index is 696. The minimum absolute atomic E-state index is 0.0846. The summed E-state index contributed by atoms with van der Waals surface area (Å²) < 4.78 is 62.0. The molecular formula is C10H6ClF3N2O2S. The molecule has 0 saturated carbocycles. The zero-order valence-corrected chi connectivity index (χ0v) is 10.7. The van der Waals surface area contributed by atoms with Gasteiger partial charge in [0, 0.05) is 23.1 Å². The van der Waals surface area contributed by atoms with Gasteiger partial charge in [-0.15, -0.1) is 0 Å². The number of benzene rings is 1. The second kappa shape index (κ2) is 4.53. The van der Waals surface area contributed by atoms with Crippen molar-refractivity contribution in [1.82, 2.24) is 9.78 Å². The second-order valence-electron chi connectivity index (χ2n) is 3.57. The van der Waals surface area contributed by atoms with Gasteiger partial charge >= 0.3 is 6.18 Å². The van der Waals surface area contributed by atoms with Crippen LogP contribution in [-0.2, 0) is 15.2 Å². The molecule has 0 aliphatic rings. The third kappa shape index (κ3) is 2.90. The van der Waals surface area contributed by atoms with E-state index in [1.54, 1.807) is 0 Å². The van der Waals surface area contributed by atoms with E-state index in [0.29, 0.717) is 6.07 Å². The van der Waals surface area contributed by atoms with Crippen LogP contribution in [0.15, 0.2) is 41.6 Å². The molecule has 1 heterocycles. The van der Waals surface area contributed by atoms with Crippen molar-refractivity contribution in [3.8, 4) is 5.69 Å². The molecule has 102 valence electrons. The molecule has 0 atom stereocenters. The molecule has 0 aliphatic carbocycles. The van der Waals surface area contributed by atoms with Crippen molar-refractivity contribution in [3.63, 3.8) is 0 Å². The van der Waals surface area contributed by atoms with Crippen LogP contribution >= 0.6 is 10.7 Å². The summed E-state index contributed by atoms with van der Waals surface area (Å²) >= 11 is 0. The molecule has 0 N–H and O–H groups in total. The van der Waals surface area contributed by atoms with Gasteiger partial charge in [-0.2, -0.15) is 18.3 Å². The summed E-state index contributed by atoms with van der Waals surface area (Å²) in [6, 6.07) is 4.21. The van der Waals surface area contributed by atoms with Crippen LogP contribution < -0.4 is 0 Å². The Kier molecular flexibility index (Phi) is 3.31. The molecule has 9 heteroatoms. The van der Waals surface area contributed by atoms with Crippen LogP contribution in [0, 0.1) is 0 Å². The smallest absolute Gasteiger partial charge is 0.241 e. The molecule has 19 heavy (non-hydrogen) atoms. The highest BCUT2D eigenvalue weighted by atomic mass is 35.7. The summed E-state index contributed by atoms with van der Waals surface area (Å²) in [5, 5.41) is 3.77. The first kappa shape index (κ1) is 13.9. The molecule has 0 bridgehead atoms. The van der Waals surface area contributed by atoms with E-state index in [1.807, 2.05) is 0 Å². The standard InChI is InChI=1S/C10H6ClF3N2O2S/c11-19(17,18)9-3-2-7(16-5-1-4-15-16)6-8(9)10(12,13)14/h1-6H. The average molecular weight is 311 g/mol. The summed E-state index contributed by atoms with van der Waals surface area (Å²) in [6.07, 6.45) is -2.01. The molecule has 0 unspecified atom stereocenters. The first-order valence-electron chi connectivity index (χ1n) is 4.85. The van der Waals surface area contributed by atoms with Crippen molar-refractivity contribution in [2.75, 3.05) is 0 Å². The van der Waals surface area contributed by atoms with Crippen LogP contribution in [0.4, 0.5) is 13.2 Å². The van der Waals surface area contributed by atoms with Gasteiger partial charge in [0.25, 0.3) is 9.05 Å². The zero-order valence-electron chi connectivity index (χ0n) is 9.10. The lowest BCUT2D eigenvalue weighted by Gasteiger charge is -2.12. The second-order valence-corrected chi connectivity index (χ2v) is 6.10. The van der Waals surface area contributed by atoms with E-state index in [2.05, 4.69) is 5.10 Å². The van der Waals surface area contributed by atoms with E-state index in [-0.39, 0.29) is 5.69 Å². The Morgan fingerprint density at radius 1 is 1.26 bits per heavy atom. The lowest BCUT2D eigenvalue weighted by atomic mass is 10.2. The Balaban J connectivity index is 2.68. The van der Waals surface area contributed by atoms with Gasteiger partial charge < -0.3 is 0 Å². The Hall–Kier alpha value is -1.54. The van der Waals surface area contributed by atoms with E-state index >= 15 is 0 Å². The third-order valence-electron chi connectivity index (χ3n) is 2.30. The number of halogens is 4. The van der Waals surface area contributed by atoms with Crippen molar-refractivity contribution < 1.29 is 21.6 Å². The number of hydrogen-bond donors (Lipinski definition) is 0. The summed E-state index contributed by atoms with van der Waals surface area (Å²) in [6.45, 7) is 0. The molecule has 2 aromatic rings. The number of aromatic nitrogens is 2. The van der Waals surface area contributed by atoms with E-state index in [4.69, 9.17) is 10.7 Å². The Morgan fingerprint density at radius 3 is 2.42 bits per heavy atom. The molecule has 0 amide bonds. The van der Waals surface area contributed by atoms with Crippen molar-refractivity contribution in [2.24, 2.45) is 0 Å². The Morgan fingerprint density at radius 2 is 1.95 bits per heavy atom. The highest BCUT2D eigenvalue weighted by Crippen LogP contribution is 2.36. The van der Waals surface area contributed by atoms with E-state index in [9.17, 15) is 21.6 Å². The molecule has 2 rings (SSSR count). The molecule has 0 radical (unpaired) electrons. The van der Waals surface area contributed by atoms with Crippen LogP contribution in [0.25, 0.3) is 5.69 Å². The van der Waals surface area contributed by atoms with Gasteiger partial charge in [-0.25, -0.2) is 13.1 Å². The van der Waals surface area contributed by atoms with Gasteiger partial charge in [0.05, 0.1) is 16.1 Å².